The summed E-state index contributed by atoms with van der Waals surface area (Å²) >= 11 is 0. The van der Waals surface area contributed by atoms with E-state index in [1.807, 2.05) is 0 Å². The van der Waals surface area contributed by atoms with Crippen LogP contribution >= 0.6 is 0 Å². The Labute approximate surface area is 145 Å². The molecule has 2 rings (SSSR count). The van der Waals surface area contributed by atoms with Crippen LogP contribution in [0.15, 0.2) is 41.5 Å². The molecule has 1 aromatic rings. The number of carboxylic acids is 4. The number of aromatic carboxylic acids is 2. The van der Waals surface area contributed by atoms with E-state index in [4.69, 9.17) is 20.4 Å². The molecule has 1 aliphatic rings. The highest BCUT2D eigenvalue weighted by Crippen LogP contribution is 2.27. The fourth-order valence-corrected chi connectivity index (χ4v) is 2.56. The normalized spacial score (nSPS) is 16.2. The number of carbonyl (C=O) groups excluding carboxylic acids is 1. The number of Topliss-reactive ketones (excluding diaryl/α,β-unsaturated/α-hetero) is 1. The lowest BCUT2D eigenvalue weighted by Crippen LogP contribution is -2.22. The molecule has 0 fully saturated rings. The molecule has 1 atom stereocenters. The van der Waals surface area contributed by atoms with E-state index in [0.29, 0.717) is 0 Å². The standard InChI is InChI=1S/C17H12O9/c18-13(7-1-3-9(14(19)20)11(5-7)16(23)24)8-2-4-10(15(21)22)12(6-8)17(25)26/h1,3-6,8H,2H2,(H,19,20)(H,21,22)(H,23,24)(H,25,26). The van der Waals surface area contributed by atoms with Crippen LogP contribution in [0.3, 0.4) is 0 Å². The molecule has 4 N–H and O–H groups in total. The Bertz CT molecular complexity index is 905. The average molecular weight is 360 g/mol. The zero-order valence-corrected chi connectivity index (χ0v) is 13.0. The van der Waals surface area contributed by atoms with Crippen molar-refractivity contribution < 1.29 is 44.4 Å². The fraction of sp³-hybridized carbons (Fsp3) is 0.118. The van der Waals surface area contributed by atoms with Crippen LogP contribution < -0.4 is 0 Å². The van der Waals surface area contributed by atoms with Gasteiger partial charge in [0, 0.05) is 11.5 Å². The Kier molecular flexibility index (Phi) is 5.01. The van der Waals surface area contributed by atoms with Crippen LogP contribution in [0.5, 0.6) is 0 Å². The third-order valence-electron chi connectivity index (χ3n) is 3.80. The fourth-order valence-electron chi connectivity index (χ4n) is 2.56. The molecular formula is C17H12O9. The maximum absolute atomic E-state index is 12.5. The van der Waals surface area contributed by atoms with Gasteiger partial charge in [-0.3, -0.25) is 4.79 Å². The van der Waals surface area contributed by atoms with E-state index in [0.717, 1.165) is 30.4 Å². The summed E-state index contributed by atoms with van der Waals surface area (Å²) in [5.41, 5.74) is -2.17. The van der Waals surface area contributed by atoms with E-state index < -0.39 is 57.9 Å². The van der Waals surface area contributed by atoms with Gasteiger partial charge in [0.1, 0.15) is 0 Å². The third kappa shape index (κ3) is 3.51. The first-order valence-corrected chi connectivity index (χ1v) is 7.17. The lowest BCUT2D eigenvalue weighted by atomic mass is 9.85. The summed E-state index contributed by atoms with van der Waals surface area (Å²) in [6, 6.07) is 3.00. The molecule has 1 aromatic carbocycles. The number of carboxylic acid groups (broad SMARTS) is 4. The second-order valence-corrected chi connectivity index (χ2v) is 5.39. The van der Waals surface area contributed by atoms with Gasteiger partial charge in [0.25, 0.3) is 0 Å². The Morgan fingerprint density at radius 2 is 1.35 bits per heavy atom. The van der Waals surface area contributed by atoms with Crippen molar-refractivity contribution in [2.75, 3.05) is 0 Å². The Morgan fingerprint density at radius 1 is 0.769 bits per heavy atom. The molecule has 1 aliphatic carbocycles. The summed E-state index contributed by atoms with van der Waals surface area (Å²) in [5.74, 6) is -7.62. The number of rotatable bonds is 6. The first-order valence-electron chi connectivity index (χ1n) is 7.17. The van der Waals surface area contributed by atoms with Crippen molar-refractivity contribution in [1.82, 2.24) is 0 Å². The van der Waals surface area contributed by atoms with Gasteiger partial charge >= 0.3 is 23.9 Å². The topological polar surface area (TPSA) is 166 Å². The van der Waals surface area contributed by atoms with E-state index in [1.165, 1.54) is 0 Å². The predicted octanol–water partition coefficient (Wildman–Crippen LogP) is 1.31. The van der Waals surface area contributed by atoms with Crippen molar-refractivity contribution in [3.05, 3.63) is 58.2 Å². The van der Waals surface area contributed by atoms with Gasteiger partial charge in [0.15, 0.2) is 5.78 Å². The summed E-state index contributed by atoms with van der Waals surface area (Å²) in [6.45, 7) is 0. The summed E-state index contributed by atoms with van der Waals surface area (Å²) in [4.78, 5) is 57.1. The van der Waals surface area contributed by atoms with E-state index in [-0.39, 0.29) is 12.0 Å². The molecule has 0 heterocycles. The van der Waals surface area contributed by atoms with Crippen molar-refractivity contribution in [2.24, 2.45) is 5.92 Å². The van der Waals surface area contributed by atoms with Crippen LogP contribution in [0, 0.1) is 5.92 Å². The minimum atomic E-state index is -1.53. The molecule has 0 amide bonds. The van der Waals surface area contributed by atoms with E-state index in [1.54, 1.807) is 0 Å². The van der Waals surface area contributed by atoms with Gasteiger partial charge < -0.3 is 20.4 Å². The van der Waals surface area contributed by atoms with Crippen LogP contribution in [0.1, 0.15) is 37.5 Å². The summed E-state index contributed by atoms with van der Waals surface area (Å²) in [5, 5.41) is 36.2. The molecule has 0 aromatic heterocycles. The third-order valence-corrected chi connectivity index (χ3v) is 3.80. The van der Waals surface area contributed by atoms with Gasteiger partial charge in [-0.15, -0.1) is 0 Å². The molecule has 0 bridgehead atoms. The summed E-state index contributed by atoms with van der Waals surface area (Å²) in [7, 11) is 0. The highest BCUT2D eigenvalue weighted by molar-refractivity contribution is 6.09. The van der Waals surface area contributed by atoms with Crippen LogP contribution in [-0.4, -0.2) is 50.1 Å². The molecule has 0 aliphatic heterocycles. The molecule has 9 nitrogen and oxygen atoms in total. The first kappa shape index (κ1) is 18.6. The van der Waals surface area contributed by atoms with Gasteiger partial charge in [0.2, 0.25) is 0 Å². The number of benzene rings is 1. The van der Waals surface area contributed by atoms with Crippen LogP contribution in [0.4, 0.5) is 0 Å². The van der Waals surface area contributed by atoms with E-state index in [9.17, 15) is 24.0 Å². The zero-order chi connectivity index (χ0) is 19.6. The molecule has 0 radical (unpaired) electrons. The average Bonchev–Trinajstić information content (AvgIpc) is 2.59. The van der Waals surface area contributed by atoms with Crippen LogP contribution in [0.25, 0.3) is 0 Å². The maximum Gasteiger partial charge on any atom is 0.336 e. The number of hydrogen-bond donors (Lipinski definition) is 4. The quantitative estimate of drug-likeness (QED) is 0.547. The van der Waals surface area contributed by atoms with E-state index >= 15 is 0 Å². The number of allylic oxidation sites excluding steroid dienone is 2. The molecule has 0 spiro atoms. The lowest BCUT2D eigenvalue weighted by molar-refractivity contribution is -0.136. The van der Waals surface area contributed by atoms with Gasteiger partial charge in [-0.05, 0) is 18.6 Å². The zero-order valence-electron chi connectivity index (χ0n) is 13.0. The molecule has 0 saturated carbocycles. The minimum Gasteiger partial charge on any atom is -0.478 e. The molecule has 1 unspecified atom stereocenters. The maximum atomic E-state index is 12.5. The molecule has 0 saturated heterocycles. The second kappa shape index (κ2) is 7.01. The highest BCUT2D eigenvalue weighted by Gasteiger charge is 2.29. The van der Waals surface area contributed by atoms with Crippen molar-refractivity contribution in [1.29, 1.82) is 0 Å². The Hall–Kier alpha value is -3.75. The number of ketones is 1. The van der Waals surface area contributed by atoms with Gasteiger partial charge in [-0.1, -0.05) is 18.2 Å². The van der Waals surface area contributed by atoms with Gasteiger partial charge in [0.05, 0.1) is 22.3 Å². The molecule has 26 heavy (non-hydrogen) atoms. The largest absolute Gasteiger partial charge is 0.478 e. The highest BCUT2D eigenvalue weighted by atomic mass is 16.4. The van der Waals surface area contributed by atoms with Crippen molar-refractivity contribution in [2.45, 2.75) is 6.42 Å². The van der Waals surface area contributed by atoms with Gasteiger partial charge in [-0.2, -0.15) is 0 Å². The lowest BCUT2D eigenvalue weighted by Gasteiger charge is -2.17. The van der Waals surface area contributed by atoms with Crippen molar-refractivity contribution >= 4 is 29.7 Å². The summed E-state index contributed by atoms with van der Waals surface area (Å²) in [6.07, 6.45) is 2.03. The predicted molar refractivity (Wildman–Crippen MR) is 84.2 cm³/mol. The van der Waals surface area contributed by atoms with E-state index in [2.05, 4.69) is 0 Å². The van der Waals surface area contributed by atoms with Gasteiger partial charge in [-0.25, -0.2) is 19.2 Å². The first-order chi connectivity index (χ1) is 12.1. The number of carbonyl (C=O) groups is 5. The Morgan fingerprint density at radius 3 is 1.85 bits per heavy atom. The molecule has 134 valence electrons. The molecular weight excluding hydrogens is 348 g/mol. The number of hydrogen-bond acceptors (Lipinski definition) is 5. The molecule has 9 heteroatoms. The minimum absolute atomic E-state index is 0.0830. The van der Waals surface area contributed by atoms with Crippen LogP contribution in [-0.2, 0) is 9.59 Å². The Balaban J connectivity index is 2.43. The van der Waals surface area contributed by atoms with Crippen molar-refractivity contribution in [3.8, 4) is 0 Å². The number of aliphatic carboxylic acids is 2. The smallest absolute Gasteiger partial charge is 0.336 e. The monoisotopic (exact) mass is 360 g/mol. The second-order valence-electron chi connectivity index (χ2n) is 5.39. The summed E-state index contributed by atoms with van der Waals surface area (Å²) < 4.78 is 0. The van der Waals surface area contributed by atoms with Crippen molar-refractivity contribution in [3.63, 3.8) is 0 Å². The van der Waals surface area contributed by atoms with Crippen LogP contribution in [0.2, 0.25) is 0 Å². The SMILES string of the molecule is O=C(O)C1=CCC(C(=O)c2ccc(C(=O)O)c(C(=O)O)c2)C=C1C(=O)O.